The summed E-state index contributed by atoms with van der Waals surface area (Å²) < 4.78 is 38.2. The lowest BCUT2D eigenvalue weighted by Gasteiger charge is -2.23. The average Bonchev–Trinajstić information content (AvgIpc) is 3.09. The number of hydrogen-bond donors (Lipinski definition) is 2. The Hall–Kier alpha value is -2.97. The number of fused-ring (bicyclic) bond motifs is 1. The molecule has 1 aliphatic carbocycles. The lowest BCUT2D eigenvalue weighted by Crippen LogP contribution is -2.26. The van der Waals surface area contributed by atoms with E-state index in [1.165, 1.54) is 29.0 Å². The molecule has 2 N–H and O–H groups in total. The van der Waals surface area contributed by atoms with Crippen LogP contribution in [0.25, 0.3) is 10.9 Å². The zero-order valence-electron chi connectivity index (χ0n) is 18.4. The second-order valence-corrected chi connectivity index (χ2v) is 9.96. The standard InChI is InChI=1S/C24H29N3O4S/c1-27-15-20(21-10-3-4-11-22(21)27)9-6-12-25-14-18-7-5-8-19(13-18)23-16-30-17-24(31-23)26-32(2,28)29/h3-5,7-8,10-11,15-18,25-26H,6,9,12-14H2,1-2H3. The number of allylic oxidation sites excluding steroid dienone is 3. The fourth-order valence-corrected chi connectivity index (χ4v) is 4.53. The molecule has 2 aromatic rings. The molecule has 7 nitrogen and oxygen atoms in total. The van der Waals surface area contributed by atoms with Gasteiger partial charge in [0, 0.05) is 30.7 Å². The number of sulfonamides is 1. The van der Waals surface area contributed by atoms with E-state index >= 15 is 0 Å². The zero-order valence-corrected chi connectivity index (χ0v) is 19.2. The Balaban J connectivity index is 1.22. The van der Waals surface area contributed by atoms with Crippen LogP contribution in [0.1, 0.15) is 18.4 Å². The Labute approximate surface area is 189 Å². The molecular formula is C24H29N3O4S. The van der Waals surface area contributed by atoms with Gasteiger partial charge in [-0.25, -0.2) is 8.42 Å². The van der Waals surface area contributed by atoms with E-state index < -0.39 is 10.0 Å². The van der Waals surface area contributed by atoms with E-state index in [1.54, 1.807) is 0 Å². The lowest BCUT2D eigenvalue weighted by atomic mass is 9.93. The molecule has 1 atom stereocenters. The third-order valence-electron chi connectivity index (χ3n) is 5.52. The molecule has 0 saturated carbocycles. The molecule has 0 radical (unpaired) electrons. The molecule has 0 spiro atoms. The van der Waals surface area contributed by atoms with Crippen LogP contribution in [0.2, 0.25) is 0 Å². The van der Waals surface area contributed by atoms with E-state index in [1.807, 2.05) is 12.2 Å². The largest absolute Gasteiger partial charge is 0.463 e. The minimum absolute atomic E-state index is 0.0589. The van der Waals surface area contributed by atoms with Crippen LogP contribution in [-0.4, -0.2) is 32.3 Å². The van der Waals surface area contributed by atoms with Gasteiger partial charge in [-0.3, -0.25) is 4.72 Å². The minimum Gasteiger partial charge on any atom is -0.463 e. The van der Waals surface area contributed by atoms with Crippen LogP contribution in [0.5, 0.6) is 0 Å². The smallest absolute Gasteiger partial charge is 0.242 e. The van der Waals surface area contributed by atoms with Crippen molar-refractivity contribution in [2.45, 2.75) is 19.3 Å². The molecule has 1 aliphatic heterocycles. The van der Waals surface area contributed by atoms with Gasteiger partial charge >= 0.3 is 0 Å². The van der Waals surface area contributed by atoms with E-state index in [9.17, 15) is 8.42 Å². The number of nitrogens with one attached hydrogen (secondary N) is 2. The van der Waals surface area contributed by atoms with Gasteiger partial charge in [-0.15, -0.1) is 0 Å². The van der Waals surface area contributed by atoms with E-state index in [2.05, 4.69) is 58.2 Å². The van der Waals surface area contributed by atoms with Crippen molar-refractivity contribution in [3.8, 4) is 0 Å². The second-order valence-electron chi connectivity index (χ2n) is 8.21. The number of aryl methyl sites for hydroxylation is 2. The highest BCUT2D eigenvalue weighted by atomic mass is 32.2. The fraction of sp³-hybridized carbons (Fsp3) is 0.333. The van der Waals surface area contributed by atoms with Gasteiger partial charge in [-0.1, -0.05) is 36.4 Å². The number of benzene rings is 1. The van der Waals surface area contributed by atoms with Crippen molar-refractivity contribution in [1.82, 2.24) is 14.6 Å². The maximum Gasteiger partial charge on any atom is 0.242 e. The molecule has 170 valence electrons. The molecule has 1 unspecified atom stereocenters. The van der Waals surface area contributed by atoms with Crippen LogP contribution in [0.15, 0.2) is 78.4 Å². The first kappa shape index (κ1) is 22.2. The van der Waals surface area contributed by atoms with E-state index in [-0.39, 0.29) is 5.88 Å². The first-order valence-corrected chi connectivity index (χ1v) is 12.6. The lowest BCUT2D eigenvalue weighted by molar-refractivity contribution is 0.217. The number of aromatic nitrogens is 1. The summed E-state index contributed by atoms with van der Waals surface area (Å²) in [5.41, 5.74) is 3.63. The molecule has 2 aliphatic rings. The molecule has 2 heterocycles. The summed E-state index contributed by atoms with van der Waals surface area (Å²) in [6.45, 7) is 1.81. The van der Waals surface area contributed by atoms with Crippen LogP contribution in [-0.2, 0) is 33.0 Å². The van der Waals surface area contributed by atoms with Gasteiger partial charge in [0.25, 0.3) is 0 Å². The minimum atomic E-state index is -3.43. The highest BCUT2D eigenvalue weighted by Gasteiger charge is 2.20. The Morgan fingerprint density at radius 1 is 1.22 bits per heavy atom. The maximum atomic E-state index is 11.4. The molecule has 4 rings (SSSR count). The Kier molecular flexibility index (Phi) is 6.72. The van der Waals surface area contributed by atoms with Crippen molar-refractivity contribution < 1.29 is 17.9 Å². The molecule has 1 aromatic heterocycles. The van der Waals surface area contributed by atoms with Crippen molar-refractivity contribution in [3.05, 3.63) is 84.0 Å². The third kappa shape index (κ3) is 5.63. The Bertz CT molecular complexity index is 1210. The number of ether oxygens (including phenoxy) is 2. The van der Waals surface area contributed by atoms with Gasteiger partial charge in [0.15, 0.2) is 12.0 Å². The van der Waals surface area contributed by atoms with Gasteiger partial charge in [0.05, 0.1) is 6.26 Å². The van der Waals surface area contributed by atoms with Gasteiger partial charge in [0.1, 0.15) is 6.26 Å². The van der Waals surface area contributed by atoms with Gasteiger partial charge < -0.3 is 19.4 Å². The first-order valence-electron chi connectivity index (χ1n) is 10.7. The average molecular weight is 456 g/mol. The van der Waals surface area contributed by atoms with Crippen molar-refractivity contribution in [1.29, 1.82) is 0 Å². The molecule has 8 heteroatoms. The van der Waals surface area contributed by atoms with E-state index in [0.717, 1.165) is 44.2 Å². The molecule has 0 bridgehead atoms. The maximum absolute atomic E-state index is 11.4. The third-order valence-corrected chi connectivity index (χ3v) is 6.09. The zero-order chi connectivity index (χ0) is 22.6. The Morgan fingerprint density at radius 2 is 2.06 bits per heavy atom. The summed E-state index contributed by atoms with van der Waals surface area (Å²) in [6, 6.07) is 8.52. The van der Waals surface area contributed by atoms with Crippen LogP contribution < -0.4 is 10.0 Å². The van der Waals surface area contributed by atoms with Crippen molar-refractivity contribution >= 4 is 20.9 Å². The summed E-state index contributed by atoms with van der Waals surface area (Å²) >= 11 is 0. The number of rotatable bonds is 9. The SMILES string of the molecule is Cn1cc(CCCNCC2C=CC=C(C3=COC=C(NS(C)(=O)=O)O3)C2)c2ccccc21. The molecule has 1 aromatic carbocycles. The monoisotopic (exact) mass is 455 g/mol. The van der Waals surface area contributed by atoms with Gasteiger partial charge in [-0.2, -0.15) is 0 Å². The predicted octanol–water partition coefficient (Wildman–Crippen LogP) is 3.44. The molecule has 0 amide bonds. The topological polar surface area (TPSA) is 81.6 Å². The molecule has 32 heavy (non-hydrogen) atoms. The summed E-state index contributed by atoms with van der Waals surface area (Å²) in [7, 11) is -1.34. The highest BCUT2D eigenvalue weighted by molar-refractivity contribution is 7.88. The first-order chi connectivity index (χ1) is 15.4. The normalized spacial score (nSPS) is 18.4. The van der Waals surface area contributed by atoms with Gasteiger partial charge in [-0.05, 0) is 48.9 Å². The number of nitrogens with zero attached hydrogens (tertiary/aromatic N) is 1. The van der Waals surface area contributed by atoms with Gasteiger partial charge in [0.2, 0.25) is 15.9 Å². The summed E-state index contributed by atoms with van der Waals surface area (Å²) in [5, 5.41) is 4.90. The van der Waals surface area contributed by atoms with Crippen molar-refractivity contribution in [2.24, 2.45) is 13.0 Å². The summed E-state index contributed by atoms with van der Waals surface area (Å²) in [6.07, 6.45) is 15.1. The quantitative estimate of drug-likeness (QED) is 0.566. The Morgan fingerprint density at radius 3 is 2.91 bits per heavy atom. The summed E-state index contributed by atoms with van der Waals surface area (Å²) in [4.78, 5) is 0. The van der Waals surface area contributed by atoms with Crippen LogP contribution in [0, 0.1) is 5.92 Å². The predicted molar refractivity (Wildman–Crippen MR) is 126 cm³/mol. The molecule has 0 fully saturated rings. The number of hydrogen-bond acceptors (Lipinski definition) is 5. The second kappa shape index (κ2) is 9.67. The van der Waals surface area contributed by atoms with Crippen molar-refractivity contribution in [2.75, 3.05) is 19.3 Å². The number of para-hydroxylation sites is 1. The van der Waals surface area contributed by atoms with Crippen LogP contribution in [0.3, 0.4) is 0 Å². The highest BCUT2D eigenvalue weighted by Crippen LogP contribution is 2.28. The molecule has 0 saturated heterocycles. The molecular weight excluding hydrogens is 426 g/mol. The van der Waals surface area contributed by atoms with Crippen molar-refractivity contribution in [3.63, 3.8) is 0 Å². The van der Waals surface area contributed by atoms with Crippen LogP contribution in [0.4, 0.5) is 0 Å². The fourth-order valence-electron chi connectivity index (χ4n) is 4.08. The summed E-state index contributed by atoms with van der Waals surface area (Å²) in [5.74, 6) is 0.904. The van der Waals surface area contributed by atoms with E-state index in [4.69, 9.17) is 9.47 Å². The van der Waals surface area contributed by atoms with E-state index in [0.29, 0.717) is 11.7 Å². The van der Waals surface area contributed by atoms with Crippen LogP contribution >= 0.6 is 0 Å².